The zero-order valence-corrected chi connectivity index (χ0v) is 18.5. The van der Waals surface area contributed by atoms with Crippen LogP contribution in [0.3, 0.4) is 0 Å². The average Bonchev–Trinajstić information content (AvgIpc) is 2.84. The van der Waals surface area contributed by atoms with Gasteiger partial charge in [0.05, 0.1) is 23.7 Å². The van der Waals surface area contributed by atoms with Crippen molar-refractivity contribution >= 4 is 34.2 Å². The maximum absolute atomic E-state index is 12.5. The van der Waals surface area contributed by atoms with Crippen LogP contribution in [0.1, 0.15) is 15.9 Å². The van der Waals surface area contributed by atoms with Crippen molar-refractivity contribution in [2.45, 2.75) is 6.92 Å². The lowest BCUT2D eigenvalue weighted by Crippen LogP contribution is -2.12. The summed E-state index contributed by atoms with van der Waals surface area (Å²) < 4.78 is 11.3. The molecular formula is C25H21N5O4. The number of nitrogens with zero attached hydrogens (tertiary/aromatic N) is 3. The minimum atomic E-state index is -0.383. The number of nitrogens with one attached hydrogen (secondary N) is 2. The Bertz CT molecular complexity index is 1390. The third-order valence-electron chi connectivity index (χ3n) is 4.85. The number of anilines is 2. The number of amides is 2. The first kappa shape index (κ1) is 22.4. The summed E-state index contributed by atoms with van der Waals surface area (Å²) in [4.78, 5) is 36.9. The number of hydrogen-bond donors (Lipinski definition) is 2. The number of hydrogen-bond acceptors (Lipinski definition) is 7. The summed E-state index contributed by atoms with van der Waals surface area (Å²) in [6.07, 6.45) is 4.17. The van der Waals surface area contributed by atoms with E-state index in [0.717, 1.165) is 11.6 Å². The predicted molar refractivity (Wildman–Crippen MR) is 128 cm³/mol. The van der Waals surface area contributed by atoms with Gasteiger partial charge in [-0.25, -0.2) is 15.0 Å². The van der Waals surface area contributed by atoms with Crippen LogP contribution >= 0.6 is 0 Å². The second-order valence-electron chi connectivity index (χ2n) is 7.24. The summed E-state index contributed by atoms with van der Waals surface area (Å²) >= 11 is 0. The molecule has 9 nitrogen and oxygen atoms in total. The van der Waals surface area contributed by atoms with Gasteiger partial charge in [0.2, 0.25) is 11.8 Å². The second kappa shape index (κ2) is 9.78. The van der Waals surface area contributed by atoms with Crippen molar-refractivity contribution in [3.8, 4) is 17.4 Å². The van der Waals surface area contributed by atoms with E-state index in [0.29, 0.717) is 39.5 Å². The molecule has 0 aliphatic carbocycles. The van der Waals surface area contributed by atoms with Crippen LogP contribution in [-0.4, -0.2) is 33.9 Å². The molecule has 0 aliphatic rings. The van der Waals surface area contributed by atoms with Gasteiger partial charge in [0, 0.05) is 17.8 Å². The lowest BCUT2D eigenvalue weighted by Gasteiger charge is -2.13. The molecule has 0 atom stereocenters. The Labute approximate surface area is 195 Å². The summed E-state index contributed by atoms with van der Waals surface area (Å²) in [7, 11) is 1.50. The van der Waals surface area contributed by atoms with E-state index in [9.17, 15) is 9.59 Å². The van der Waals surface area contributed by atoms with E-state index in [1.54, 1.807) is 48.7 Å². The quantitative estimate of drug-likeness (QED) is 0.394. The second-order valence-corrected chi connectivity index (χ2v) is 7.24. The van der Waals surface area contributed by atoms with Crippen molar-refractivity contribution in [3.63, 3.8) is 0 Å². The van der Waals surface area contributed by atoms with Crippen LogP contribution in [0.5, 0.6) is 17.4 Å². The predicted octanol–water partition coefficient (Wildman–Crippen LogP) is 4.51. The molecule has 2 heterocycles. The van der Waals surface area contributed by atoms with E-state index < -0.39 is 0 Å². The van der Waals surface area contributed by atoms with Gasteiger partial charge in [-0.05, 0) is 61.0 Å². The highest BCUT2D eigenvalue weighted by atomic mass is 16.5. The van der Waals surface area contributed by atoms with Crippen LogP contribution in [0.4, 0.5) is 11.5 Å². The molecule has 0 unspecified atom stereocenters. The van der Waals surface area contributed by atoms with Gasteiger partial charge >= 0.3 is 0 Å². The van der Waals surface area contributed by atoms with E-state index in [-0.39, 0.29) is 17.7 Å². The number of methoxy groups -OCH3 is 1. The Hall–Kier alpha value is -4.79. The fourth-order valence-electron chi connectivity index (χ4n) is 3.17. The number of aromatic nitrogens is 3. The minimum Gasteiger partial charge on any atom is -0.494 e. The van der Waals surface area contributed by atoms with Crippen LogP contribution < -0.4 is 20.1 Å². The number of fused-ring (bicyclic) bond motifs is 1. The zero-order valence-electron chi connectivity index (χ0n) is 18.5. The molecule has 2 N–H and O–H groups in total. The molecule has 4 aromatic rings. The summed E-state index contributed by atoms with van der Waals surface area (Å²) in [5.74, 6) is 0.998. The fraction of sp³-hybridized carbons (Fsp3) is 0.0800. The molecule has 2 aromatic carbocycles. The molecule has 2 amide bonds. The first-order chi connectivity index (χ1) is 16.5. The molecule has 4 rings (SSSR count). The van der Waals surface area contributed by atoms with E-state index in [1.165, 1.54) is 13.4 Å². The van der Waals surface area contributed by atoms with Crippen LogP contribution in [0.25, 0.3) is 10.9 Å². The first-order valence-electron chi connectivity index (χ1n) is 10.2. The molecule has 34 heavy (non-hydrogen) atoms. The number of benzene rings is 2. The van der Waals surface area contributed by atoms with Gasteiger partial charge in [-0.15, -0.1) is 0 Å². The van der Waals surface area contributed by atoms with Gasteiger partial charge in [-0.1, -0.05) is 6.58 Å². The Morgan fingerprint density at radius 1 is 1.00 bits per heavy atom. The third-order valence-corrected chi connectivity index (χ3v) is 4.85. The first-order valence-corrected chi connectivity index (χ1v) is 10.2. The van der Waals surface area contributed by atoms with Crippen LogP contribution in [0.15, 0.2) is 73.7 Å². The standard InChI is InChI=1S/C25H21N5O4/c1-4-23(31)29-20-12-18-19(13-21(20)33-3)27-14-28-25(18)34-17-7-5-16(6-8-17)24(32)30-22-11-15(2)9-10-26-22/h4-14H,1H2,2-3H3,(H,29,31)(H,26,30,32). The Morgan fingerprint density at radius 2 is 1.79 bits per heavy atom. The van der Waals surface area contributed by atoms with Gasteiger partial charge in [-0.3, -0.25) is 9.59 Å². The van der Waals surface area contributed by atoms with E-state index in [1.807, 2.05) is 13.0 Å². The summed E-state index contributed by atoms with van der Waals surface area (Å²) in [6.45, 7) is 5.38. The van der Waals surface area contributed by atoms with Crippen LogP contribution in [-0.2, 0) is 4.79 Å². The monoisotopic (exact) mass is 455 g/mol. The molecule has 0 saturated heterocycles. The van der Waals surface area contributed by atoms with Gasteiger partial charge < -0.3 is 20.1 Å². The Morgan fingerprint density at radius 3 is 2.50 bits per heavy atom. The molecule has 0 fully saturated rings. The normalized spacial score (nSPS) is 10.4. The maximum atomic E-state index is 12.5. The molecule has 9 heteroatoms. The smallest absolute Gasteiger partial charge is 0.256 e. The molecule has 0 aliphatic heterocycles. The molecular weight excluding hydrogens is 434 g/mol. The van der Waals surface area contributed by atoms with Gasteiger partial charge in [0.25, 0.3) is 5.91 Å². The van der Waals surface area contributed by atoms with Crippen molar-refractivity contribution in [2.24, 2.45) is 0 Å². The van der Waals surface area contributed by atoms with E-state index in [4.69, 9.17) is 9.47 Å². The SMILES string of the molecule is C=CC(=O)Nc1cc2c(Oc3ccc(C(=O)Nc4cc(C)ccn4)cc3)ncnc2cc1OC. The highest BCUT2D eigenvalue weighted by Crippen LogP contribution is 2.34. The van der Waals surface area contributed by atoms with E-state index >= 15 is 0 Å². The third kappa shape index (κ3) is 4.99. The van der Waals surface area contributed by atoms with Gasteiger partial charge in [0.1, 0.15) is 23.6 Å². The number of pyridine rings is 1. The molecule has 2 aromatic heterocycles. The van der Waals surface area contributed by atoms with Gasteiger partial charge in [-0.2, -0.15) is 0 Å². The fourth-order valence-corrected chi connectivity index (χ4v) is 3.17. The molecule has 0 bridgehead atoms. The van der Waals surface area contributed by atoms with Crippen LogP contribution in [0.2, 0.25) is 0 Å². The van der Waals surface area contributed by atoms with Crippen molar-refractivity contribution < 1.29 is 19.1 Å². The van der Waals surface area contributed by atoms with Gasteiger partial charge in [0.15, 0.2) is 0 Å². The summed E-state index contributed by atoms with van der Waals surface area (Å²) in [6, 6.07) is 13.6. The largest absolute Gasteiger partial charge is 0.494 e. The average molecular weight is 455 g/mol. The number of carbonyl (C=O) groups is 2. The Kier molecular flexibility index (Phi) is 6.45. The number of rotatable bonds is 7. The van der Waals surface area contributed by atoms with Crippen molar-refractivity contribution in [1.82, 2.24) is 15.0 Å². The van der Waals surface area contributed by atoms with Crippen LogP contribution in [0, 0.1) is 6.92 Å². The van der Waals surface area contributed by atoms with Crippen molar-refractivity contribution in [1.29, 1.82) is 0 Å². The summed E-state index contributed by atoms with van der Waals surface area (Å²) in [5, 5.41) is 6.02. The highest BCUT2D eigenvalue weighted by molar-refractivity contribution is 6.04. The lowest BCUT2D eigenvalue weighted by molar-refractivity contribution is -0.111. The maximum Gasteiger partial charge on any atom is 0.256 e. The molecule has 0 spiro atoms. The zero-order chi connectivity index (χ0) is 24.1. The number of carbonyl (C=O) groups excluding carboxylic acids is 2. The number of aryl methyl sites for hydroxylation is 1. The topological polar surface area (TPSA) is 115 Å². The Balaban J connectivity index is 1.57. The molecule has 0 radical (unpaired) electrons. The molecule has 170 valence electrons. The number of ether oxygens (including phenoxy) is 2. The molecule has 0 saturated carbocycles. The minimum absolute atomic E-state index is 0.280. The summed E-state index contributed by atoms with van der Waals surface area (Å²) in [5.41, 5.74) is 2.44. The van der Waals surface area contributed by atoms with Crippen molar-refractivity contribution in [3.05, 3.63) is 84.8 Å². The van der Waals surface area contributed by atoms with E-state index in [2.05, 4.69) is 32.2 Å². The lowest BCUT2D eigenvalue weighted by atomic mass is 10.2. The highest BCUT2D eigenvalue weighted by Gasteiger charge is 2.14. The van der Waals surface area contributed by atoms with Crippen molar-refractivity contribution in [2.75, 3.05) is 17.7 Å².